The van der Waals surface area contributed by atoms with Crippen LogP contribution in [0.5, 0.6) is 11.6 Å². The number of anilines is 3. The van der Waals surface area contributed by atoms with Gasteiger partial charge in [0.1, 0.15) is 11.4 Å². The van der Waals surface area contributed by atoms with Crippen LogP contribution in [0.15, 0.2) is 128 Å². The summed E-state index contributed by atoms with van der Waals surface area (Å²) in [4.78, 5) is 11.4. The van der Waals surface area contributed by atoms with Gasteiger partial charge in [0.25, 0.3) is 0 Å². The Bertz CT molecular complexity index is 1910. The van der Waals surface area contributed by atoms with Crippen LogP contribution in [0.25, 0.3) is 27.3 Å². The first-order chi connectivity index (χ1) is 18.8. The first-order valence-corrected chi connectivity index (χ1v) is 12.6. The van der Waals surface area contributed by atoms with E-state index in [2.05, 4.69) is 94.0 Å². The predicted molar refractivity (Wildman–Crippen MR) is 154 cm³/mol. The van der Waals surface area contributed by atoms with Crippen molar-refractivity contribution in [3.63, 3.8) is 0 Å². The minimum atomic E-state index is 0.561. The molecule has 0 unspecified atom stereocenters. The largest absolute Gasteiger partial charge is 0.439 e. The van der Waals surface area contributed by atoms with Gasteiger partial charge in [-0.1, -0.05) is 54.6 Å². The average molecular weight is 493 g/mol. The van der Waals surface area contributed by atoms with Crippen molar-refractivity contribution >= 4 is 44.4 Å². The van der Waals surface area contributed by atoms with E-state index in [1.54, 1.807) is 6.20 Å². The monoisotopic (exact) mass is 492 g/mol. The molecule has 7 aromatic rings. The summed E-state index contributed by atoms with van der Waals surface area (Å²) in [6.45, 7) is 2.10. The normalized spacial score (nSPS) is 11.3. The molecular formula is C33H24N4O. The lowest BCUT2D eigenvalue weighted by atomic mass is 10.0. The summed E-state index contributed by atoms with van der Waals surface area (Å²) < 4.78 is 8.31. The Morgan fingerprint density at radius 1 is 0.632 bits per heavy atom. The number of benzene rings is 4. The Hall–Kier alpha value is -5.16. The molecule has 5 nitrogen and oxygen atoms in total. The summed E-state index contributed by atoms with van der Waals surface area (Å²) in [5.41, 5.74) is 6.31. The highest BCUT2D eigenvalue weighted by Gasteiger charge is 2.17. The van der Waals surface area contributed by atoms with E-state index >= 15 is 0 Å². The van der Waals surface area contributed by atoms with E-state index < -0.39 is 0 Å². The van der Waals surface area contributed by atoms with E-state index in [0.717, 1.165) is 45.1 Å². The van der Waals surface area contributed by atoms with Gasteiger partial charge in [0, 0.05) is 58.1 Å². The van der Waals surface area contributed by atoms with Crippen LogP contribution in [-0.4, -0.2) is 14.4 Å². The molecule has 38 heavy (non-hydrogen) atoms. The van der Waals surface area contributed by atoms with Gasteiger partial charge in [-0.2, -0.15) is 0 Å². The molecule has 0 fully saturated rings. The summed E-state index contributed by atoms with van der Waals surface area (Å²) in [6, 6.07) is 39.3. The first-order valence-electron chi connectivity index (χ1n) is 12.6. The molecule has 0 amide bonds. The lowest BCUT2D eigenvalue weighted by Gasteiger charge is -2.26. The lowest BCUT2D eigenvalue weighted by molar-refractivity contribution is 0.463. The molecular weight excluding hydrogens is 468 g/mol. The van der Waals surface area contributed by atoms with Gasteiger partial charge in [-0.15, -0.1) is 0 Å². The fraction of sp³-hybridized carbons (Fsp3) is 0.0303. The number of hydrogen-bond acceptors (Lipinski definition) is 4. The summed E-state index contributed by atoms with van der Waals surface area (Å²) in [6.07, 6.45) is 3.67. The molecule has 0 spiro atoms. The molecule has 0 N–H and O–H groups in total. The molecule has 0 saturated carbocycles. The van der Waals surface area contributed by atoms with E-state index in [1.165, 1.54) is 10.8 Å². The number of pyridine rings is 2. The fourth-order valence-corrected chi connectivity index (χ4v) is 5.16. The molecule has 0 aliphatic carbocycles. The fourth-order valence-electron chi connectivity index (χ4n) is 5.16. The summed E-state index contributed by atoms with van der Waals surface area (Å²) in [7, 11) is 0. The number of imidazole rings is 1. The topological polar surface area (TPSA) is 42.7 Å². The van der Waals surface area contributed by atoms with Crippen molar-refractivity contribution in [1.29, 1.82) is 0 Å². The van der Waals surface area contributed by atoms with Crippen LogP contribution in [0.1, 0.15) is 5.69 Å². The highest BCUT2D eigenvalue weighted by molar-refractivity contribution is 6.13. The third kappa shape index (κ3) is 3.73. The van der Waals surface area contributed by atoms with Gasteiger partial charge in [0.15, 0.2) is 0 Å². The third-order valence-corrected chi connectivity index (χ3v) is 6.83. The first kappa shape index (κ1) is 22.1. The van der Waals surface area contributed by atoms with Gasteiger partial charge in [0.2, 0.25) is 5.88 Å². The van der Waals surface area contributed by atoms with Crippen LogP contribution in [-0.2, 0) is 0 Å². The predicted octanol–water partition coefficient (Wildman–Crippen LogP) is 8.61. The minimum Gasteiger partial charge on any atom is -0.439 e. The Morgan fingerprint density at radius 2 is 1.42 bits per heavy atom. The number of aromatic nitrogens is 3. The quantitative estimate of drug-likeness (QED) is 0.226. The Morgan fingerprint density at radius 3 is 2.29 bits per heavy atom. The van der Waals surface area contributed by atoms with E-state index in [1.807, 2.05) is 48.7 Å². The molecule has 0 aliphatic rings. The van der Waals surface area contributed by atoms with E-state index in [0.29, 0.717) is 5.88 Å². The van der Waals surface area contributed by atoms with E-state index in [9.17, 15) is 0 Å². The second-order valence-corrected chi connectivity index (χ2v) is 9.24. The van der Waals surface area contributed by atoms with Crippen molar-refractivity contribution in [2.24, 2.45) is 0 Å². The Balaban J connectivity index is 1.43. The van der Waals surface area contributed by atoms with E-state index in [-0.39, 0.29) is 0 Å². The summed E-state index contributed by atoms with van der Waals surface area (Å²) >= 11 is 0. The van der Waals surface area contributed by atoms with Gasteiger partial charge in [-0.3, -0.25) is 4.40 Å². The molecule has 0 bridgehead atoms. The van der Waals surface area contributed by atoms with Crippen molar-refractivity contribution < 1.29 is 4.74 Å². The van der Waals surface area contributed by atoms with Crippen molar-refractivity contribution in [1.82, 2.24) is 14.4 Å². The number of para-hydroxylation sites is 2. The zero-order valence-corrected chi connectivity index (χ0v) is 20.8. The number of aryl methyl sites for hydroxylation is 1. The molecule has 4 aromatic carbocycles. The number of rotatable bonds is 5. The van der Waals surface area contributed by atoms with Crippen LogP contribution in [0.3, 0.4) is 0 Å². The minimum absolute atomic E-state index is 0.561. The number of fused-ring (bicyclic) bond motifs is 6. The third-order valence-electron chi connectivity index (χ3n) is 6.83. The van der Waals surface area contributed by atoms with Gasteiger partial charge >= 0.3 is 0 Å². The van der Waals surface area contributed by atoms with Crippen molar-refractivity contribution in [2.45, 2.75) is 6.92 Å². The standard InChI is InChI=1S/C33H24N4O/c1-23-22-35-33-30-21-26(17-18-28(30)29-14-5-6-15-31(29)36(23)33)37(24-10-3-2-4-11-24)25-12-9-13-27(20-25)38-32-16-7-8-19-34-32/h2-22H,1H3. The van der Waals surface area contributed by atoms with E-state index in [4.69, 9.17) is 9.72 Å². The number of ether oxygens (including phenoxy) is 1. The van der Waals surface area contributed by atoms with Crippen molar-refractivity contribution in [2.75, 3.05) is 4.90 Å². The van der Waals surface area contributed by atoms with Crippen molar-refractivity contribution in [3.05, 3.63) is 133 Å². The lowest BCUT2D eigenvalue weighted by Crippen LogP contribution is -2.10. The highest BCUT2D eigenvalue weighted by Crippen LogP contribution is 2.39. The second-order valence-electron chi connectivity index (χ2n) is 9.24. The molecule has 0 aliphatic heterocycles. The molecule has 0 saturated heterocycles. The maximum atomic E-state index is 6.07. The van der Waals surface area contributed by atoms with Crippen LogP contribution in [0, 0.1) is 6.92 Å². The van der Waals surface area contributed by atoms with Crippen LogP contribution in [0.2, 0.25) is 0 Å². The van der Waals surface area contributed by atoms with Gasteiger partial charge in [0.05, 0.1) is 5.52 Å². The number of nitrogens with zero attached hydrogens (tertiary/aromatic N) is 4. The Labute approximate surface area is 220 Å². The molecule has 0 radical (unpaired) electrons. The maximum absolute atomic E-state index is 6.07. The smallest absolute Gasteiger partial charge is 0.219 e. The maximum Gasteiger partial charge on any atom is 0.219 e. The molecule has 182 valence electrons. The summed E-state index contributed by atoms with van der Waals surface area (Å²) in [5.74, 6) is 1.28. The molecule has 3 heterocycles. The van der Waals surface area contributed by atoms with Gasteiger partial charge in [-0.05, 0) is 60.8 Å². The van der Waals surface area contributed by atoms with Crippen molar-refractivity contribution in [3.8, 4) is 11.6 Å². The van der Waals surface area contributed by atoms with Crippen LogP contribution < -0.4 is 9.64 Å². The summed E-state index contributed by atoms with van der Waals surface area (Å²) in [5, 5.41) is 3.50. The average Bonchev–Trinajstić information content (AvgIpc) is 3.36. The SMILES string of the molecule is Cc1cnc2c3cc(N(c4ccccc4)c4cccc(Oc5ccccn5)c4)ccc3c3ccccc3n12. The van der Waals surface area contributed by atoms with Gasteiger partial charge in [-0.25, -0.2) is 9.97 Å². The zero-order valence-electron chi connectivity index (χ0n) is 20.8. The molecule has 3 aromatic heterocycles. The molecule has 7 rings (SSSR count). The Kier molecular flexibility index (Phi) is 5.26. The molecule has 5 heteroatoms. The van der Waals surface area contributed by atoms with Crippen LogP contribution in [0.4, 0.5) is 17.1 Å². The number of hydrogen-bond donors (Lipinski definition) is 0. The second kappa shape index (κ2) is 9.05. The zero-order chi connectivity index (χ0) is 25.5. The molecule has 0 atom stereocenters. The van der Waals surface area contributed by atoms with Crippen LogP contribution >= 0.6 is 0 Å². The highest BCUT2D eigenvalue weighted by atomic mass is 16.5. The van der Waals surface area contributed by atoms with Gasteiger partial charge < -0.3 is 9.64 Å².